The smallest absolute Gasteiger partial charge is 0.303 e. The van der Waals surface area contributed by atoms with Gasteiger partial charge in [-0.15, -0.1) is 0 Å². The van der Waals surface area contributed by atoms with Crippen LogP contribution in [0.25, 0.3) is 0 Å². The molecule has 0 amide bonds. The highest BCUT2D eigenvalue weighted by molar-refractivity contribution is 5.66. The highest BCUT2D eigenvalue weighted by Crippen LogP contribution is 2.27. The van der Waals surface area contributed by atoms with Gasteiger partial charge in [-0.25, -0.2) is 0 Å². The molecule has 0 radical (unpaired) electrons. The van der Waals surface area contributed by atoms with Crippen LogP contribution in [0.3, 0.4) is 0 Å². The third-order valence-electron chi connectivity index (χ3n) is 3.81. The van der Waals surface area contributed by atoms with Crippen LogP contribution in [0.1, 0.15) is 32.6 Å². The lowest BCUT2D eigenvalue weighted by molar-refractivity contribution is -0.137. The van der Waals surface area contributed by atoms with Gasteiger partial charge in [0.15, 0.2) is 0 Å². The summed E-state index contributed by atoms with van der Waals surface area (Å²) in [6.45, 7) is 6.70. The maximum absolute atomic E-state index is 10.5. The van der Waals surface area contributed by atoms with E-state index in [2.05, 4.69) is 16.7 Å². The first kappa shape index (κ1) is 11.9. The van der Waals surface area contributed by atoms with Crippen molar-refractivity contribution in [1.82, 2.24) is 9.80 Å². The van der Waals surface area contributed by atoms with Crippen molar-refractivity contribution in [2.24, 2.45) is 0 Å². The molecule has 0 spiro atoms. The molecule has 4 heteroatoms. The lowest BCUT2D eigenvalue weighted by Gasteiger charge is -2.38. The third-order valence-corrected chi connectivity index (χ3v) is 3.81. The number of carboxylic acid groups (broad SMARTS) is 1. The summed E-state index contributed by atoms with van der Waals surface area (Å²) in [4.78, 5) is 15.5. The summed E-state index contributed by atoms with van der Waals surface area (Å²) >= 11 is 0. The van der Waals surface area contributed by atoms with Crippen molar-refractivity contribution in [2.45, 2.75) is 44.7 Å². The van der Waals surface area contributed by atoms with E-state index in [0.29, 0.717) is 12.5 Å². The fourth-order valence-electron chi connectivity index (χ4n) is 2.50. The van der Waals surface area contributed by atoms with E-state index in [1.807, 2.05) is 0 Å². The van der Waals surface area contributed by atoms with E-state index in [1.54, 1.807) is 0 Å². The van der Waals surface area contributed by atoms with Crippen LogP contribution < -0.4 is 0 Å². The molecule has 1 aliphatic heterocycles. The molecule has 1 atom stereocenters. The van der Waals surface area contributed by atoms with E-state index in [0.717, 1.165) is 25.6 Å². The van der Waals surface area contributed by atoms with Crippen LogP contribution in [0, 0.1) is 0 Å². The van der Waals surface area contributed by atoms with Crippen molar-refractivity contribution in [1.29, 1.82) is 0 Å². The van der Waals surface area contributed by atoms with Gasteiger partial charge in [0.2, 0.25) is 0 Å². The lowest BCUT2D eigenvalue weighted by atomic mass is 10.1. The first-order valence-electron chi connectivity index (χ1n) is 6.36. The monoisotopic (exact) mass is 226 g/mol. The van der Waals surface area contributed by atoms with Crippen molar-refractivity contribution < 1.29 is 9.90 Å². The number of aliphatic carboxylic acids is 1. The van der Waals surface area contributed by atoms with Gasteiger partial charge in [0.25, 0.3) is 0 Å². The van der Waals surface area contributed by atoms with Crippen LogP contribution in [-0.4, -0.2) is 59.1 Å². The summed E-state index contributed by atoms with van der Waals surface area (Å²) in [5.41, 5.74) is 0. The number of carbonyl (C=O) groups is 1. The molecule has 16 heavy (non-hydrogen) atoms. The molecule has 1 heterocycles. The summed E-state index contributed by atoms with van der Waals surface area (Å²) in [6.07, 6.45) is 3.84. The Kier molecular flexibility index (Phi) is 3.82. The topological polar surface area (TPSA) is 43.8 Å². The molecule has 1 unspecified atom stereocenters. The van der Waals surface area contributed by atoms with Gasteiger partial charge in [0.05, 0.1) is 0 Å². The zero-order valence-electron chi connectivity index (χ0n) is 10.1. The SMILES string of the molecule is CC(CCC(=O)O)N1CCN(C2CC2)CC1. The van der Waals surface area contributed by atoms with Gasteiger partial charge in [-0.05, 0) is 26.2 Å². The Morgan fingerprint density at radius 1 is 1.31 bits per heavy atom. The molecule has 1 saturated carbocycles. The zero-order chi connectivity index (χ0) is 11.5. The Labute approximate surface area is 97.2 Å². The number of nitrogens with zero attached hydrogens (tertiary/aromatic N) is 2. The first-order chi connectivity index (χ1) is 7.66. The number of hydrogen-bond donors (Lipinski definition) is 1. The molecule has 2 rings (SSSR count). The highest BCUT2D eigenvalue weighted by Gasteiger charge is 2.31. The van der Waals surface area contributed by atoms with Crippen LogP contribution in [0.4, 0.5) is 0 Å². The average molecular weight is 226 g/mol. The van der Waals surface area contributed by atoms with Crippen LogP contribution in [-0.2, 0) is 4.79 Å². The van der Waals surface area contributed by atoms with Crippen LogP contribution in [0.5, 0.6) is 0 Å². The molecule has 2 aliphatic rings. The minimum absolute atomic E-state index is 0.296. The molecule has 0 aromatic carbocycles. The van der Waals surface area contributed by atoms with Gasteiger partial charge in [-0.3, -0.25) is 14.6 Å². The van der Waals surface area contributed by atoms with Crippen molar-refractivity contribution in [3.63, 3.8) is 0 Å². The molecule has 1 N–H and O–H groups in total. The summed E-state index contributed by atoms with van der Waals surface area (Å²) < 4.78 is 0. The molecule has 0 aromatic heterocycles. The van der Waals surface area contributed by atoms with Crippen LogP contribution in [0.2, 0.25) is 0 Å². The molecule has 92 valence electrons. The maximum atomic E-state index is 10.5. The largest absolute Gasteiger partial charge is 0.481 e. The van der Waals surface area contributed by atoms with E-state index >= 15 is 0 Å². The molecular formula is C12H22N2O2. The van der Waals surface area contributed by atoms with Crippen molar-refractivity contribution in [3.05, 3.63) is 0 Å². The normalized spacial score (nSPS) is 25.6. The minimum Gasteiger partial charge on any atom is -0.481 e. The Morgan fingerprint density at radius 3 is 2.44 bits per heavy atom. The Morgan fingerprint density at radius 2 is 1.94 bits per heavy atom. The summed E-state index contributed by atoms with van der Waals surface area (Å²) in [5.74, 6) is -0.677. The van der Waals surface area contributed by atoms with Gasteiger partial charge >= 0.3 is 5.97 Å². The summed E-state index contributed by atoms with van der Waals surface area (Å²) in [6, 6.07) is 1.29. The number of rotatable bonds is 5. The van der Waals surface area contributed by atoms with E-state index in [-0.39, 0.29) is 0 Å². The molecule has 0 bridgehead atoms. The van der Waals surface area contributed by atoms with Crippen molar-refractivity contribution >= 4 is 5.97 Å². The third kappa shape index (κ3) is 3.19. The van der Waals surface area contributed by atoms with Gasteiger partial charge in [-0.1, -0.05) is 0 Å². The zero-order valence-corrected chi connectivity index (χ0v) is 10.1. The second-order valence-electron chi connectivity index (χ2n) is 5.08. The van der Waals surface area contributed by atoms with Gasteiger partial charge < -0.3 is 5.11 Å². The highest BCUT2D eigenvalue weighted by atomic mass is 16.4. The quantitative estimate of drug-likeness (QED) is 0.760. The van der Waals surface area contributed by atoms with E-state index < -0.39 is 5.97 Å². The molecule has 2 fully saturated rings. The van der Waals surface area contributed by atoms with Crippen LogP contribution >= 0.6 is 0 Å². The minimum atomic E-state index is -0.677. The molecule has 1 aliphatic carbocycles. The lowest BCUT2D eigenvalue weighted by Crippen LogP contribution is -2.50. The number of piperazine rings is 1. The predicted octanol–water partition coefficient (Wildman–Crippen LogP) is 1.02. The predicted molar refractivity (Wildman–Crippen MR) is 62.5 cm³/mol. The van der Waals surface area contributed by atoms with Crippen LogP contribution in [0.15, 0.2) is 0 Å². The molecule has 0 aromatic rings. The summed E-state index contributed by atoms with van der Waals surface area (Å²) in [7, 11) is 0. The molecule has 1 saturated heterocycles. The van der Waals surface area contributed by atoms with Gasteiger partial charge in [0.1, 0.15) is 0 Å². The maximum Gasteiger partial charge on any atom is 0.303 e. The number of hydrogen-bond acceptors (Lipinski definition) is 3. The fraction of sp³-hybridized carbons (Fsp3) is 0.917. The Balaban J connectivity index is 1.68. The van der Waals surface area contributed by atoms with Crippen molar-refractivity contribution in [3.8, 4) is 0 Å². The van der Waals surface area contributed by atoms with E-state index in [1.165, 1.54) is 25.9 Å². The Bertz CT molecular complexity index is 245. The first-order valence-corrected chi connectivity index (χ1v) is 6.36. The van der Waals surface area contributed by atoms with E-state index in [4.69, 9.17) is 5.11 Å². The molecular weight excluding hydrogens is 204 g/mol. The fourth-order valence-corrected chi connectivity index (χ4v) is 2.50. The van der Waals surface area contributed by atoms with Crippen molar-refractivity contribution in [2.75, 3.05) is 26.2 Å². The summed E-state index contributed by atoms with van der Waals surface area (Å²) in [5, 5.41) is 8.66. The second kappa shape index (κ2) is 5.15. The van der Waals surface area contributed by atoms with E-state index in [9.17, 15) is 4.79 Å². The van der Waals surface area contributed by atoms with Gasteiger partial charge in [0, 0.05) is 44.7 Å². The Hall–Kier alpha value is -0.610. The average Bonchev–Trinajstić information content (AvgIpc) is 3.10. The second-order valence-corrected chi connectivity index (χ2v) is 5.08. The number of carboxylic acids is 1. The molecule has 4 nitrogen and oxygen atoms in total. The van der Waals surface area contributed by atoms with Gasteiger partial charge in [-0.2, -0.15) is 0 Å². The standard InChI is InChI=1S/C12H22N2O2/c1-10(2-5-12(15)16)13-6-8-14(9-7-13)11-3-4-11/h10-11H,2-9H2,1H3,(H,15,16).